The van der Waals surface area contributed by atoms with Crippen LogP contribution in [-0.2, 0) is 16.1 Å². The van der Waals surface area contributed by atoms with Crippen LogP contribution in [0.2, 0.25) is 5.02 Å². The van der Waals surface area contributed by atoms with E-state index in [1.54, 1.807) is 30.2 Å². The van der Waals surface area contributed by atoms with Crippen LogP contribution in [-0.4, -0.2) is 42.3 Å². The maximum absolute atomic E-state index is 12.8. The van der Waals surface area contributed by atoms with E-state index in [2.05, 4.69) is 5.32 Å². The first-order chi connectivity index (χ1) is 15.0. The third-order valence-corrected chi connectivity index (χ3v) is 5.77. The SMILES string of the molecule is COc1ccc(/C=C2/NC(=S)N(CC3CCCO3)C2=O)cc1COc1ccc(Cl)cc1. The van der Waals surface area contributed by atoms with Crippen LogP contribution in [0.15, 0.2) is 48.2 Å². The fraction of sp³-hybridized carbons (Fsp3) is 0.304. The van der Waals surface area contributed by atoms with Gasteiger partial charge in [0.1, 0.15) is 23.8 Å². The number of nitrogens with zero attached hydrogens (tertiary/aromatic N) is 1. The summed E-state index contributed by atoms with van der Waals surface area (Å²) in [6.45, 7) is 1.53. The van der Waals surface area contributed by atoms with E-state index >= 15 is 0 Å². The molecule has 0 aromatic heterocycles. The Hall–Kier alpha value is -2.61. The first-order valence-corrected chi connectivity index (χ1v) is 10.8. The molecule has 0 saturated carbocycles. The minimum absolute atomic E-state index is 0.0423. The van der Waals surface area contributed by atoms with Gasteiger partial charge in [-0.05, 0) is 73.1 Å². The standard InChI is InChI=1S/C23H23ClN2O4S/c1-28-21-9-4-15(11-16(21)14-30-18-7-5-17(24)6-8-18)12-20-22(27)26(23(31)25-20)13-19-3-2-10-29-19/h4-9,11-12,19H,2-3,10,13-14H2,1H3,(H,25,31)/b20-12+. The van der Waals surface area contributed by atoms with Gasteiger partial charge in [-0.25, -0.2) is 0 Å². The molecule has 8 heteroatoms. The molecule has 1 N–H and O–H groups in total. The van der Waals surface area contributed by atoms with Crippen molar-refractivity contribution in [3.05, 3.63) is 64.3 Å². The van der Waals surface area contributed by atoms with Crippen LogP contribution in [0, 0.1) is 0 Å². The summed E-state index contributed by atoms with van der Waals surface area (Å²) >= 11 is 11.3. The second kappa shape index (κ2) is 9.68. The number of halogens is 1. The molecule has 31 heavy (non-hydrogen) atoms. The van der Waals surface area contributed by atoms with Crippen LogP contribution in [0.3, 0.4) is 0 Å². The number of carbonyl (C=O) groups excluding carboxylic acids is 1. The van der Waals surface area contributed by atoms with Gasteiger partial charge in [0.2, 0.25) is 0 Å². The summed E-state index contributed by atoms with van der Waals surface area (Å²) in [4.78, 5) is 14.4. The van der Waals surface area contributed by atoms with E-state index in [0.29, 0.717) is 40.5 Å². The molecular formula is C23H23ClN2O4S. The van der Waals surface area contributed by atoms with E-state index in [9.17, 15) is 4.79 Å². The predicted molar refractivity (Wildman–Crippen MR) is 123 cm³/mol. The number of nitrogens with one attached hydrogen (secondary N) is 1. The number of hydrogen-bond acceptors (Lipinski definition) is 5. The van der Waals surface area contributed by atoms with Crippen molar-refractivity contribution >= 4 is 40.9 Å². The fourth-order valence-corrected chi connectivity index (χ4v) is 3.98. The Kier molecular flexibility index (Phi) is 6.75. The highest BCUT2D eigenvalue weighted by atomic mass is 35.5. The Morgan fingerprint density at radius 2 is 2.10 bits per heavy atom. The van der Waals surface area contributed by atoms with E-state index < -0.39 is 0 Å². The molecule has 0 spiro atoms. The third kappa shape index (κ3) is 5.18. The van der Waals surface area contributed by atoms with Gasteiger partial charge >= 0.3 is 0 Å². The van der Waals surface area contributed by atoms with Crippen molar-refractivity contribution in [3.8, 4) is 11.5 Å². The van der Waals surface area contributed by atoms with E-state index in [0.717, 1.165) is 30.6 Å². The molecule has 6 nitrogen and oxygen atoms in total. The molecule has 4 rings (SSSR count). The van der Waals surface area contributed by atoms with Gasteiger partial charge in [0.25, 0.3) is 5.91 Å². The lowest BCUT2D eigenvalue weighted by molar-refractivity contribution is -0.123. The average molecular weight is 459 g/mol. The first-order valence-electron chi connectivity index (χ1n) is 10.0. The Labute approximate surface area is 191 Å². The van der Waals surface area contributed by atoms with Crippen molar-refractivity contribution in [3.63, 3.8) is 0 Å². The zero-order valence-electron chi connectivity index (χ0n) is 17.1. The van der Waals surface area contributed by atoms with Crippen molar-refractivity contribution in [2.24, 2.45) is 0 Å². The van der Waals surface area contributed by atoms with E-state index in [1.807, 2.05) is 30.3 Å². The molecule has 2 heterocycles. The van der Waals surface area contributed by atoms with Crippen LogP contribution < -0.4 is 14.8 Å². The zero-order chi connectivity index (χ0) is 21.8. The highest BCUT2D eigenvalue weighted by molar-refractivity contribution is 7.80. The van der Waals surface area contributed by atoms with Crippen molar-refractivity contribution in [1.82, 2.24) is 10.2 Å². The minimum atomic E-state index is -0.143. The summed E-state index contributed by atoms with van der Waals surface area (Å²) in [5.74, 6) is 1.27. The monoisotopic (exact) mass is 458 g/mol. The van der Waals surface area contributed by atoms with Crippen molar-refractivity contribution in [1.29, 1.82) is 0 Å². The van der Waals surface area contributed by atoms with Gasteiger partial charge in [0.05, 0.1) is 19.8 Å². The van der Waals surface area contributed by atoms with E-state index in [-0.39, 0.29) is 12.0 Å². The molecule has 1 atom stereocenters. The lowest BCUT2D eigenvalue weighted by Crippen LogP contribution is -2.37. The molecule has 2 aliphatic rings. The summed E-state index contributed by atoms with van der Waals surface area (Å²) in [5.41, 5.74) is 2.14. The van der Waals surface area contributed by atoms with Crippen LogP contribution in [0.4, 0.5) is 0 Å². The minimum Gasteiger partial charge on any atom is -0.496 e. The molecular weight excluding hydrogens is 436 g/mol. The average Bonchev–Trinajstić information content (AvgIpc) is 3.38. The van der Waals surface area contributed by atoms with Gasteiger partial charge in [0, 0.05) is 17.2 Å². The maximum Gasteiger partial charge on any atom is 0.276 e. The molecule has 0 aliphatic carbocycles. The molecule has 2 aliphatic heterocycles. The second-order valence-corrected chi connectivity index (χ2v) is 8.18. The Bertz CT molecular complexity index is 1000. The predicted octanol–water partition coefficient (Wildman–Crippen LogP) is 4.16. The summed E-state index contributed by atoms with van der Waals surface area (Å²) in [7, 11) is 1.61. The lowest BCUT2D eigenvalue weighted by atomic mass is 10.1. The molecule has 162 valence electrons. The van der Waals surface area contributed by atoms with E-state index in [4.69, 9.17) is 38.0 Å². The summed E-state index contributed by atoms with van der Waals surface area (Å²) < 4.78 is 17.0. The maximum atomic E-state index is 12.8. The Morgan fingerprint density at radius 3 is 2.81 bits per heavy atom. The van der Waals surface area contributed by atoms with Crippen molar-refractivity contribution in [2.75, 3.05) is 20.3 Å². The third-order valence-electron chi connectivity index (χ3n) is 5.20. The zero-order valence-corrected chi connectivity index (χ0v) is 18.7. The molecule has 2 fully saturated rings. The van der Waals surface area contributed by atoms with Gasteiger partial charge in [-0.2, -0.15) is 0 Å². The fourth-order valence-electron chi connectivity index (χ4n) is 3.59. The molecule has 1 unspecified atom stereocenters. The molecule has 2 aromatic carbocycles. The normalized spacial score (nSPS) is 19.7. The largest absolute Gasteiger partial charge is 0.496 e. The van der Waals surface area contributed by atoms with Crippen molar-refractivity contribution < 1.29 is 19.0 Å². The topological polar surface area (TPSA) is 60.0 Å². The highest BCUT2D eigenvalue weighted by Gasteiger charge is 2.33. The summed E-state index contributed by atoms with van der Waals surface area (Å²) in [5, 5.41) is 4.09. The number of ether oxygens (including phenoxy) is 3. The van der Waals surface area contributed by atoms with Gasteiger partial charge in [0.15, 0.2) is 5.11 Å². The molecule has 1 amide bonds. The van der Waals surface area contributed by atoms with Gasteiger partial charge < -0.3 is 19.5 Å². The van der Waals surface area contributed by atoms with Gasteiger partial charge in [-0.1, -0.05) is 17.7 Å². The highest BCUT2D eigenvalue weighted by Crippen LogP contribution is 2.25. The number of benzene rings is 2. The molecule has 0 bridgehead atoms. The van der Waals surface area contributed by atoms with Crippen LogP contribution >= 0.6 is 23.8 Å². The van der Waals surface area contributed by atoms with E-state index in [1.165, 1.54) is 0 Å². The number of methoxy groups -OCH3 is 1. The number of rotatable bonds is 7. The smallest absolute Gasteiger partial charge is 0.276 e. The number of amides is 1. The number of carbonyl (C=O) groups is 1. The summed E-state index contributed by atoms with van der Waals surface area (Å²) in [6.07, 6.45) is 3.79. The number of hydrogen-bond donors (Lipinski definition) is 1. The molecule has 0 radical (unpaired) electrons. The van der Waals surface area contributed by atoms with Crippen LogP contribution in [0.25, 0.3) is 6.08 Å². The quantitative estimate of drug-likeness (QED) is 0.496. The first kappa shape index (κ1) is 21.6. The Morgan fingerprint density at radius 1 is 1.29 bits per heavy atom. The van der Waals surface area contributed by atoms with Crippen LogP contribution in [0.1, 0.15) is 24.0 Å². The molecule has 2 aromatic rings. The van der Waals surface area contributed by atoms with Gasteiger partial charge in [-0.3, -0.25) is 9.69 Å². The Balaban J connectivity index is 1.49. The summed E-state index contributed by atoms with van der Waals surface area (Å²) in [6, 6.07) is 12.8. The van der Waals surface area contributed by atoms with Crippen LogP contribution in [0.5, 0.6) is 11.5 Å². The lowest BCUT2D eigenvalue weighted by Gasteiger charge is -2.18. The second-order valence-electron chi connectivity index (χ2n) is 7.35. The molecule has 2 saturated heterocycles. The number of thiocarbonyl (C=S) groups is 1. The van der Waals surface area contributed by atoms with Gasteiger partial charge in [-0.15, -0.1) is 0 Å². The van der Waals surface area contributed by atoms with Crippen molar-refractivity contribution in [2.45, 2.75) is 25.6 Å².